The normalized spacial score (nSPS) is 4.00. The Labute approximate surface area is 88.0 Å². The monoisotopic (exact) mass is 163 g/mol. The van der Waals surface area contributed by atoms with Gasteiger partial charge in [-0.2, -0.15) is 0 Å². The van der Waals surface area contributed by atoms with E-state index in [0.717, 1.165) is 0 Å². The SMILES string of the molecule is O=C([O-])O.[Cu].[K+]. The van der Waals surface area contributed by atoms with Crippen molar-refractivity contribution in [3.05, 3.63) is 0 Å². The Morgan fingerprint density at radius 3 is 1.67 bits per heavy atom. The Balaban J connectivity index is -0.0000000450. The summed E-state index contributed by atoms with van der Waals surface area (Å²) in [4.78, 5) is 8.44. The average molecular weight is 164 g/mol. The van der Waals surface area contributed by atoms with Gasteiger partial charge in [-0.15, -0.1) is 0 Å². The van der Waals surface area contributed by atoms with Crippen molar-refractivity contribution in [3.8, 4) is 0 Å². The zero-order valence-corrected chi connectivity index (χ0v) is 7.13. The fourth-order valence-electron chi connectivity index (χ4n) is 0. The van der Waals surface area contributed by atoms with Crippen LogP contribution < -0.4 is 56.5 Å². The standard InChI is InChI=1S/CH2O3.Cu.K/c2-1(3)4;;/h(H2,2,3,4);;/q;;+1/p-1. The first-order valence-corrected chi connectivity index (χ1v) is 0.632. The Morgan fingerprint density at radius 2 is 1.67 bits per heavy atom. The number of hydrogen-bond donors (Lipinski definition) is 1. The molecule has 0 amide bonds. The van der Waals surface area contributed by atoms with Gasteiger partial charge in [0.05, 0.1) is 0 Å². The third kappa shape index (κ3) is 52.3. The van der Waals surface area contributed by atoms with Crippen LogP contribution in [-0.2, 0) is 17.1 Å². The summed E-state index contributed by atoms with van der Waals surface area (Å²) in [5, 5.41) is 15.3. The van der Waals surface area contributed by atoms with E-state index >= 15 is 0 Å². The van der Waals surface area contributed by atoms with E-state index in [1.165, 1.54) is 0 Å². The molecule has 1 radical (unpaired) electrons. The summed E-state index contributed by atoms with van der Waals surface area (Å²) in [7, 11) is 0. The van der Waals surface area contributed by atoms with Crippen molar-refractivity contribution in [2.24, 2.45) is 0 Å². The third-order valence-electron chi connectivity index (χ3n) is 0. The van der Waals surface area contributed by atoms with Crippen molar-refractivity contribution in [1.82, 2.24) is 0 Å². The summed E-state index contributed by atoms with van der Waals surface area (Å²) in [6, 6.07) is 0. The molecule has 0 spiro atoms. The maximum absolute atomic E-state index is 8.44. The molecule has 3 nitrogen and oxygen atoms in total. The molecule has 0 heterocycles. The fourth-order valence-corrected chi connectivity index (χ4v) is 0. The van der Waals surface area contributed by atoms with E-state index in [0.29, 0.717) is 0 Å². The molecule has 0 saturated carbocycles. The first-order chi connectivity index (χ1) is 1.73. The summed E-state index contributed by atoms with van der Waals surface area (Å²) in [5.41, 5.74) is 0. The summed E-state index contributed by atoms with van der Waals surface area (Å²) in [5.74, 6) is 0. The topological polar surface area (TPSA) is 60.4 Å². The molecule has 35 valence electrons. The van der Waals surface area contributed by atoms with E-state index in [9.17, 15) is 0 Å². The molecule has 0 bridgehead atoms. The zero-order valence-electron chi connectivity index (χ0n) is 3.07. The van der Waals surface area contributed by atoms with Gasteiger partial charge < -0.3 is 15.0 Å². The number of rotatable bonds is 0. The maximum atomic E-state index is 8.44. The largest absolute Gasteiger partial charge is 1.00 e. The van der Waals surface area contributed by atoms with Crippen LogP contribution in [0.4, 0.5) is 4.79 Å². The fraction of sp³-hybridized carbons (Fsp3) is 0. The van der Waals surface area contributed by atoms with Crippen molar-refractivity contribution >= 4 is 6.16 Å². The van der Waals surface area contributed by atoms with E-state index in [-0.39, 0.29) is 68.5 Å². The van der Waals surface area contributed by atoms with E-state index in [1.807, 2.05) is 0 Å². The molecule has 0 aliphatic carbocycles. The van der Waals surface area contributed by atoms with E-state index in [1.54, 1.807) is 0 Å². The molecule has 0 aliphatic rings. The zero-order chi connectivity index (χ0) is 3.58. The van der Waals surface area contributed by atoms with Gasteiger partial charge in [0.15, 0.2) is 0 Å². The van der Waals surface area contributed by atoms with Crippen LogP contribution in [0.5, 0.6) is 0 Å². The van der Waals surface area contributed by atoms with Crippen LogP contribution in [-0.4, -0.2) is 11.3 Å². The summed E-state index contributed by atoms with van der Waals surface area (Å²) >= 11 is 0. The minimum atomic E-state index is -2.08. The molecule has 0 rings (SSSR count). The van der Waals surface area contributed by atoms with Crippen molar-refractivity contribution in [2.75, 3.05) is 0 Å². The Bertz CT molecular complexity index is 33.8. The van der Waals surface area contributed by atoms with Gasteiger partial charge in [-0.3, -0.25) is 0 Å². The van der Waals surface area contributed by atoms with Crippen LogP contribution in [0, 0.1) is 0 Å². The van der Waals surface area contributed by atoms with Crippen LogP contribution in [0.2, 0.25) is 0 Å². The van der Waals surface area contributed by atoms with Gasteiger partial charge >= 0.3 is 51.4 Å². The van der Waals surface area contributed by atoms with E-state index in [2.05, 4.69) is 0 Å². The first kappa shape index (κ1) is 15.7. The minimum absolute atomic E-state index is 0. The number of carbonyl (C=O) groups is 1. The number of carboxylic acid groups (broad SMARTS) is 2. The van der Waals surface area contributed by atoms with Crippen LogP contribution in [0.15, 0.2) is 0 Å². The molecular weight excluding hydrogens is 163 g/mol. The molecule has 0 atom stereocenters. The molecule has 5 heteroatoms. The van der Waals surface area contributed by atoms with Gasteiger partial charge in [-0.1, -0.05) is 0 Å². The van der Waals surface area contributed by atoms with Gasteiger partial charge in [0.2, 0.25) is 6.16 Å². The molecule has 6 heavy (non-hydrogen) atoms. The number of hydrogen-bond acceptors (Lipinski definition) is 2. The minimum Gasteiger partial charge on any atom is -0.565 e. The van der Waals surface area contributed by atoms with Crippen LogP contribution in [0.3, 0.4) is 0 Å². The van der Waals surface area contributed by atoms with Crippen molar-refractivity contribution < 1.29 is 83.5 Å². The van der Waals surface area contributed by atoms with Gasteiger partial charge in [0.1, 0.15) is 0 Å². The van der Waals surface area contributed by atoms with Crippen LogP contribution in [0.25, 0.3) is 0 Å². The smallest absolute Gasteiger partial charge is 0.565 e. The van der Waals surface area contributed by atoms with E-state index < -0.39 is 6.16 Å². The Hall–Kier alpha value is 1.43. The van der Waals surface area contributed by atoms with E-state index in [4.69, 9.17) is 15.0 Å². The molecule has 1 N–H and O–H groups in total. The molecule has 0 saturated heterocycles. The quantitative estimate of drug-likeness (QED) is 0.370. The molecule has 0 unspecified atom stereocenters. The molecule has 0 fully saturated rings. The van der Waals surface area contributed by atoms with Gasteiger partial charge in [-0.05, 0) is 0 Å². The van der Waals surface area contributed by atoms with Crippen molar-refractivity contribution in [3.63, 3.8) is 0 Å². The predicted octanol–water partition coefficient (Wildman–Crippen LogP) is -4.11. The predicted molar refractivity (Wildman–Crippen MR) is 8.02 cm³/mol. The first-order valence-electron chi connectivity index (χ1n) is 0.632. The van der Waals surface area contributed by atoms with Gasteiger partial charge in [0.25, 0.3) is 0 Å². The molecular formula is CHCuKO3. The van der Waals surface area contributed by atoms with Gasteiger partial charge in [0, 0.05) is 17.1 Å². The summed E-state index contributed by atoms with van der Waals surface area (Å²) in [6.07, 6.45) is -2.08. The Kier molecular flexibility index (Phi) is 25.2. The molecule has 0 aromatic heterocycles. The van der Waals surface area contributed by atoms with Crippen LogP contribution in [0.1, 0.15) is 0 Å². The second-order valence-electron chi connectivity index (χ2n) is 0.266. The summed E-state index contributed by atoms with van der Waals surface area (Å²) in [6.45, 7) is 0. The Morgan fingerprint density at radius 1 is 1.67 bits per heavy atom. The summed E-state index contributed by atoms with van der Waals surface area (Å²) < 4.78 is 0. The van der Waals surface area contributed by atoms with Gasteiger partial charge in [-0.25, -0.2) is 0 Å². The molecule has 0 aliphatic heterocycles. The second-order valence-corrected chi connectivity index (χ2v) is 0.266. The average Bonchev–Trinajstić information content (AvgIpc) is 0.811. The third-order valence-corrected chi connectivity index (χ3v) is 0. The van der Waals surface area contributed by atoms with Crippen molar-refractivity contribution in [2.45, 2.75) is 0 Å². The molecule has 0 aromatic carbocycles. The molecule has 0 aromatic rings. The maximum Gasteiger partial charge on any atom is 1.00 e. The second kappa shape index (κ2) is 9.66. The van der Waals surface area contributed by atoms with Crippen LogP contribution >= 0.6 is 0 Å². The van der Waals surface area contributed by atoms with Crippen molar-refractivity contribution in [1.29, 1.82) is 0 Å².